The van der Waals surface area contributed by atoms with E-state index < -0.39 is 30.4 Å². The van der Waals surface area contributed by atoms with Crippen molar-refractivity contribution in [2.24, 2.45) is 0 Å². The number of rotatable bonds is 9. The summed E-state index contributed by atoms with van der Waals surface area (Å²) in [6, 6.07) is 14.1. The zero-order valence-corrected chi connectivity index (χ0v) is 18.5. The number of hydrogen-bond donors (Lipinski definition) is 4. The van der Waals surface area contributed by atoms with E-state index in [2.05, 4.69) is 10.6 Å². The van der Waals surface area contributed by atoms with Gasteiger partial charge in [0.2, 0.25) is 0 Å². The summed E-state index contributed by atoms with van der Waals surface area (Å²) in [5, 5.41) is 25.8. The molecule has 9 nitrogen and oxygen atoms in total. The number of nitrogens with one attached hydrogen (secondary N) is 2. The first kappa shape index (κ1) is 23.8. The molecule has 9 heteroatoms. The molecule has 1 heterocycles. The largest absolute Gasteiger partial charge is 0.497 e. The Balaban J connectivity index is 1.63. The van der Waals surface area contributed by atoms with Gasteiger partial charge in [0, 0.05) is 37.0 Å². The first-order valence-electron chi connectivity index (χ1n) is 10.4. The fourth-order valence-electron chi connectivity index (χ4n) is 3.91. The van der Waals surface area contributed by atoms with Gasteiger partial charge in [0.15, 0.2) is 0 Å². The average Bonchev–Trinajstić information content (AvgIpc) is 3.13. The molecule has 3 rings (SSSR count). The van der Waals surface area contributed by atoms with Gasteiger partial charge >= 0.3 is 6.03 Å². The highest BCUT2D eigenvalue weighted by molar-refractivity contribution is 5.89. The highest BCUT2D eigenvalue weighted by Gasteiger charge is 2.45. The first-order valence-corrected chi connectivity index (χ1v) is 10.4. The zero-order chi connectivity index (χ0) is 23.1. The Hall–Kier alpha value is -2.85. The number of urea groups is 1. The van der Waals surface area contributed by atoms with Crippen molar-refractivity contribution in [3.8, 4) is 11.5 Å². The number of aliphatic hydroxyl groups excluding tert-OH is 2. The van der Waals surface area contributed by atoms with Crippen LogP contribution in [-0.4, -0.2) is 79.9 Å². The molecule has 4 N–H and O–H groups in total. The van der Waals surface area contributed by atoms with Crippen LogP contribution < -0.4 is 20.1 Å². The summed E-state index contributed by atoms with van der Waals surface area (Å²) in [6.07, 6.45) is -2.09. The third-order valence-electron chi connectivity index (χ3n) is 5.50. The van der Waals surface area contributed by atoms with Crippen LogP contribution >= 0.6 is 0 Å². The van der Waals surface area contributed by atoms with Crippen LogP contribution in [0.3, 0.4) is 0 Å². The van der Waals surface area contributed by atoms with Gasteiger partial charge < -0.3 is 35.1 Å². The van der Waals surface area contributed by atoms with Gasteiger partial charge in [0.1, 0.15) is 23.7 Å². The van der Waals surface area contributed by atoms with E-state index in [9.17, 15) is 15.0 Å². The second kappa shape index (κ2) is 11.1. The van der Waals surface area contributed by atoms with Gasteiger partial charge in [-0.25, -0.2) is 4.79 Å². The maximum atomic E-state index is 12.5. The summed E-state index contributed by atoms with van der Waals surface area (Å²) < 4.78 is 16.3. The Bertz CT molecular complexity index is 859. The number of methoxy groups -OCH3 is 2. The van der Waals surface area contributed by atoms with Crippen LogP contribution in [-0.2, 0) is 11.3 Å². The SMILES string of the molecule is COc1cc(NC(=O)NC[C@H]2O[C@@H](CO)[C@@H](O)[C@H]2N(C)Cc2ccccc2)cc(OC)c1. The van der Waals surface area contributed by atoms with Crippen molar-refractivity contribution in [1.29, 1.82) is 0 Å². The summed E-state index contributed by atoms with van der Waals surface area (Å²) in [6.45, 7) is 0.448. The quantitative estimate of drug-likeness (QED) is 0.462. The molecule has 1 fully saturated rings. The van der Waals surface area contributed by atoms with Crippen LogP contribution in [0.15, 0.2) is 48.5 Å². The van der Waals surface area contributed by atoms with Crippen LogP contribution in [0, 0.1) is 0 Å². The predicted octanol–water partition coefficient (Wildman–Crippen LogP) is 1.45. The Morgan fingerprint density at radius 1 is 1.09 bits per heavy atom. The molecule has 0 aliphatic carbocycles. The lowest BCUT2D eigenvalue weighted by Crippen LogP contribution is -2.49. The summed E-state index contributed by atoms with van der Waals surface area (Å²) in [7, 11) is 4.95. The lowest BCUT2D eigenvalue weighted by Gasteiger charge is -2.30. The van der Waals surface area contributed by atoms with Crippen molar-refractivity contribution in [3.63, 3.8) is 0 Å². The summed E-state index contributed by atoms with van der Waals surface area (Å²) in [5.41, 5.74) is 1.60. The number of ether oxygens (including phenoxy) is 3. The summed E-state index contributed by atoms with van der Waals surface area (Å²) in [4.78, 5) is 14.5. The van der Waals surface area contributed by atoms with Crippen LogP contribution in [0.5, 0.6) is 11.5 Å². The van der Waals surface area contributed by atoms with Gasteiger partial charge in [0.25, 0.3) is 0 Å². The van der Waals surface area contributed by atoms with Gasteiger partial charge in [-0.3, -0.25) is 4.90 Å². The van der Waals surface area contributed by atoms with E-state index in [1.54, 1.807) is 18.2 Å². The minimum Gasteiger partial charge on any atom is -0.497 e. The number of nitrogens with zero attached hydrogens (tertiary/aromatic N) is 1. The molecule has 4 atom stereocenters. The van der Waals surface area contributed by atoms with E-state index in [1.807, 2.05) is 42.3 Å². The number of hydrogen-bond acceptors (Lipinski definition) is 7. The molecular formula is C23H31N3O6. The molecular weight excluding hydrogens is 414 g/mol. The number of benzene rings is 2. The normalized spacial score (nSPS) is 22.6. The molecule has 0 bridgehead atoms. The van der Waals surface area contributed by atoms with E-state index in [4.69, 9.17) is 14.2 Å². The lowest BCUT2D eigenvalue weighted by molar-refractivity contribution is -0.0205. The van der Waals surface area contributed by atoms with Crippen molar-refractivity contribution in [3.05, 3.63) is 54.1 Å². The number of likely N-dealkylation sites (N-methyl/N-ethyl adjacent to an activating group) is 1. The smallest absolute Gasteiger partial charge is 0.319 e. The zero-order valence-electron chi connectivity index (χ0n) is 18.5. The third-order valence-corrected chi connectivity index (χ3v) is 5.50. The van der Waals surface area contributed by atoms with Crippen LogP contribution in [0.25, 0.3) is 0 Å². The molecule has 2 aromatic carbocycles. The molecule has 174 valence electrons. The van der Waals surface area contributed by atoms with Gasteiger partial charge in [0.05, 0.1) is 33.0 Å². The summed E-state index contributed by atoms with van der Waals surface area (Å²) >= 11 is 0. The first-order chi connectivity index (χ1) is 15.4. The van der Waals surface area contributed by atoms with E-state index >= 15 is 0 Å². The Labute approximate surface area is 187 Å². The third kappa shape index (κ3) is 5.89. The molecule has 2 amide bonds. The molecule has 1 aliphatic heterocycles. The van der Waals surface area contributed by atoms with Gasteiger partial charge in [-0.15, -0.1) is 0 Å². The molecule has 0 radical (unpaired) electrons. The van der Waals surface area contributed by atoms with Gasteiger partial charge in [-0.05, 0) is 12.6 Å². The van der Waals surface area contributed by atoms with Crippen molar-refractivity contribution in [2.45, 2.75) is 30.9 Å². The summed E-state index contributed by atoms with van der Waals surface area (Å²) in [5.74, 6) is 1.10. The Morgan fingerprint density at radius 3 is 2.34 bits per heavy atom. The Kier molecular flexibility index (Phi) is 8.29. The molecule has 0 saturated carbocycles. The minimum atomic E-state index is -0.883. The van der Waals surface area contributed by atoms with Gasteiger partial charge in [-0.1, -0.05) is 30.3 Å². The second-order valence-corrected chi connectivity index (χ2v) is 7.71. The fraction of sp³-hybridized carbons (Fsp3) is 0.435. The van der Waals surface area contributed by atoms with Crippen LogP contribution in [0.1, 0.15) is 5.56 Å². The van der Waals surface area contributed by atoms with E-state index in [1.165, 1.54) is 14.2 Å². The molecule has 0 unspecified atom stereocenters. The number of anilines is 1. The van der Waals surface area contributed by atoms with Crippen molar-refractivity contribution >= 4 is 11.7 Å². The highest BCUT2D eigenvalue weighted by atomic mass is 16.5. The average molecular weight is 446 g/mol. The van der Waals surface area contributed by atoms with E-state index in [-0.39, 0.29) is 13.2 Å². The number of amides is 2. The topological polar surface area (TPSA) is 113 Å². The fourth-order valence-corrected chi connectivity index (χ4v) is 3.91. The number of aliphatic hydroxyl groups is 2. The number of carbonyl (C=O) groups excluding carboxylic acids is 1. The highest BCUT2D eigenvalue weighted by Crippen LogP contribution is 2.27. The standard InChI is InChI=1S/C23H31N3O6/c1-26(13-15-7-5-4-6-8-15)21-19(32-20(14-27)22(21)28)12-24-23(29)25-16-9-17(30-2)11-18(10-16)31-3/h4-11,19-22,27-28H,12-14H2,1-3H3,(H2,24,25,29)/t19-,20+,21+,22-/m1/s1. The molecule has 1 aliphatic rings. The molecule has 0 aromatic heterocycles. The predicted molar refractivity (Wildman–Crippen MR) is 120 cm³/mol. The molecule has 1 saturated heterocycles. The second-order valence-electron chi connectivity index (χ2n) is 7.71. The lowest BCUT2D eigenvalue weighted by atomic mass is 10.0. The van der Waals surface area contributed by atoms with Crippen molar-refractivity contribution in [2.75, 3.05) is 39.7 Å². The number of carbonyl (C=O) groups is 1. The van der Waals surface area contributed by atoms with Crippen molar-refractivity contribution < 1.29 is 29.2 Å². The van der Waals surface area contributed by atoms with Crippen molar-refractivity contribution in [1.82, 2.24) is 10.2 Å². The molecule has 32 heavy (non-hydrogen) atoms. The van der Waals surface area contributed by atoms with E-state index in [0.717, 1.165) is 5.56 Å². The maximum absolute atomic E-state index is 12.5. The molecule has 0 spiro atoms. The minimum absolute atomic E-state index is 0.157. The van der Waals surface area contributed by atoms with Gasteiger partial charge in [-0.2, -0.15) is 0 Å². The van der Waals surface area contributed by atoms with Crippen LogP contribution in [0.4, 0.5) is 10.5 Å². The van der Waals surface area contributed by atoms with E-state index in [0.29, 0.717) is 23.7 Å². The Morgan fingerprint density at radius 2 is 1.75 bits per heavy atom. The van der Waals surface area contributed by atoms with Crippen LogP contribution in [0.2, 0.25) is 0 Å². The monoisotopic (exact) mass is 445 g/mol. The maximum Gasteiger partial charge on any atom is 0.319 e. The molecule has 2 aromatic rings.